The van der Waals surface area contributed by atoms with Crippen LogP contribution in [0.2, 0.25) is 5.02 Å². The fourth-order valence-corrected chi connectivity index (χ4v) is 4.27. The van der Waals surface area contributed by atoms with Gasteiger partial charge in [-0.15, -0.1) is 0 Å². The summed E-state index contributed by atoms with van der Waals surface area (Å²) in [4.78, 5) is 0. The van der Waals surface area contributed by atoms with Crippen molar-refractivity contribution in [3.63, 3.8) is 0 Å². The van der Waals surface area contributed by atoms with E-state index in [0.29, 0.717) is 17.4 Å². The van der Waals surface area contributed by atoms with Crippen LogP contribution in [0.3, 0.4) is 0 Å². The summed E-state index contributed by atoms with van der Waals surface area (Å²) in [6, 6.07) is 20.9. The highest BCUT2D eigenvalue weighted by Crippen LogP contribution is 2.40. The lowest BCUT2D eigenvalue weighted by Gasteiger charge is -2.30. The number of hydrogen-bond acceptors (Lipinski definition) is 3. The van der Waals surface area contributed by atoms with E-state index in [0.717, 1.165) is 27.8 Å². The summed E-state index contributed by atoms with van der Waals surface area (Å²) in [6.45, 7) is -0.408. The topological polar surface area (TPSA) is 47.3 Å². The molecule has 3 nitrogen and oxygen atoms in total. The van der Waals surface area contributed by atoms with Crippen molar-refractivity contribution >= 4 is 11.6 Å². The van der Waals surface area contributed by atoms with Gasteiger partial charge in [-0.3, -0.25) is 0 Å². The Hall–Kier alpha value is -3.05. The zero-order chi connectivity index (χ0) is 21.3. The Balaban J connectivity index is 1.82. The second kappa shape index (κ2) is 8.00. The number of nitrogens with one attached hydrogen (secondary N) is 1. The smallest absolute Gasteiger partial charge is 0.387 e. The minimum Gasteiger partial charge on any atom is -0.435 e. The second-order valence-corrected chi connectivity index (χ2v) is 7.81. The molecule has 0 bridgehead atoms. The summed E-state index contributed by atoms with van der Waals surface area (Å²) >= 11 is 6.17. The third-order valence-corrected chi connectivity index (χ3v) is 5.65. The third kappa shape index (κ3) is 3.85. The quantitative estimate of drug-likeness (QED) is 0.557. The van der Waals surface area contributed by atoms with Crippen LogP contribution in [-0.2, 0) is 5.41 Å². The Morgan fingerprint density at radius 2 is 1.77 bits per heavy atom. The molecule has 3 N–H and O–H groups in total. The molecule has 1 aliphatic rings. The largest absolute Gasteiger partial charge is 0.435 e. The summed E-state index contributed by atoms with van der Waals surface area (Å²) in [6.07, 6.45) is 1.99. The van der Waals surface area contributed by atoms with Crippen molar-refractivity contribution in [3.05, 3.63) is 100 Å². The van der Waals surface area contributed by atoms with E-state index in [1.54, 1.807) is 12.1 Å². The molecule has 0 fully saturated rings. The minimum atomic E-state index is -2.86. The fraction of sp³-hybridized carbons (Fsp3) is 0.167. The molecule has 0 radical (unpaired) electrons. The molecule has 0 aromatic heterocycles. The first-order chi connectivity index (χ1) is 14.4. The molecule has 1 atom stereocenters. The Morgan fingerprint density at radius 1 is 1.03 bits per heavy atom. The molecule has 0 spiro atoms. The standard InChI is InChI=1S/C24H21ClF2N2O/c1-15-10-20(30-23(26)27)8-9-21(15)24(13-22(28)29-14-24)18-6-2-4-16(11-18)17-5-3-7-19(25)12-17/h2-13,23,29H,14,28H2,1H3. The van der Waals surface area contributed by atoms with Crippen LogP contribution in [0, 0.1) is 6.92 Å². The maximum atomic E-state index is 12.6. The molecule has 0 amide bonds. The minimum absolute atomic E-state index is 0.136. The number of nitrogens with two attached hydrogens (primary N) is 1. The summed E-state index contributed by atoms with van der Waals surface area (Å²) in [5.41, 5.74) is 10.5. The predicted octanol–water partition coefficient (Wildman–Crippen LogP) is 5.61. The molecule has 0 saturated carbocycles. The van der Waals surface area contributed by atoms with Gasteiger partial charge >= 0.3 is 6.61 Å². The first-order valence-corrected chi connectivity index (χ1v) is 9.90. The monoisotopic (exact) mass is 426 g/mol. The van der Waals surface area contributed by atoms with Crippen LogP contribution in [-0.4, -0.2) is 13.2 Å². The zero-order valence-electron chi connectivity index (χ0n) is 16.3. The van der Waals surface area contributed by atoms with Crippen molar-refractivity contribution in [1.82, 2.24) is 5.32 Å². The van der Waals surface area contributed by atoms with Crippen LogP contribution in [0.1, 0.15) is 16.7 Å². The van der Waals surface area contributed by atoms with Gasteiger partial charge in [0.15, 0.2) is 0 Å². The molecule has 3 aromatic rings. The first kappa shape index (κ1) is 20.2. The molecule has 3 aromatic carbocycles. The molecular formula is C24H21ClF2N2O. The highest BCUT2D eigenvalue weighted by molar-refractivity contribution is 6.30. The van der Waals surface area contributed by atoms with E-state index in [4.69, 9.17) is 17.3 Å². The second-order valence-electron chi connectivity index (χ2n) is 7.37. The zero-order valence-corrected chi connectivity index (χ0v) is 17.1. The van der Waals surface area contributed by atoms with Crippen LogP contribution in [0.15, 0.2) is 78.6 Å². The van der Waals surface area contributed by atoms with Gasteiger partial charge in [0.25, 0.3) is 0 Å². The molecule has 0 aliphatic carbocycles. The van der Waals surface area contributed by atoms with Crippen LogP contribution < -0.4 is 15.8 Å². The Bertz CT molecular complexity index is 1120. The summed E-state index contributed by atoms with van der Waals surface area (Å²) < 4.78 is 29.8. The Kier molecular flexibility index (Phi) is 5.39. The van der Waals surface area contributed by atoms with Crippen molar-refractivity contribution in [3.8, 4) is 16.9 Å². The average Bonchev–Trinajstić information content (AvgIpc) is 3.10. The number of hydrogen-bond donors (Lipinski definition) is 2. The van der Waals surface area contributed by atoms with Crippen LogP contribution in [0.25, 0.3) is 11.1 Å². The third-order valence-electron chi connectivity index (χ3n) is 5.41. The van der Waals surface area contributed by atoms with Crippen molar-refractivity contribution in [2.75, 3.05) is 6.54 Å². The van der Waals surface area contributed by atoms with E-state index in [-0.39, 0.29) is 5.75 Å². The lowest BCUT2D eigenvalue weighted by atomic mass is 9.73. The SMILES string of the molecule is Cc1cc(OC(F)F)ccc1C1(c2cccc(-c3cccc(Cl)c3)c2)C=C(N)NC1. The maximum absolute atomic E-state index is 12.6. The van der Waals surface area contributed by atoms with Gasteiger partial charge in [-0.25, -0.2) is 0 Å². The van der Waals surface area contributed by atoms with Gasteiger partial charge in [0, 0.05) is 11.6 Å². The van der Waals surface area contributed by atoms with Gasteiger partial charge in [-0.05, 0) is 71.1 Å². The van der Waals surface area contributed by atoms with E-state index in [1.165, 1.54) is 0 Å². The molecular weight excluding hydrogens is 406 g/mol. The van der Waals surface area contributed by atoms with Crippen molar-refractivity contribution in [2.24, 2.45) is 5.73 Å². The maximum Gasteiger partial charge on any atom is 0.387 e. The van der Waals surface area contributed by atoms with E-state index in [1.807, 2.05) is 61.5 Å². The van der Waals surface area contributed by atoms with E-state index in [9.17, 15) is 8.78 Å². The van der Waals surface area contributed by atoms with E-state index >= 15 is 0 Å². The normalized spacial score (nSPS) is 18.2. The van der Waals surface area contributed by atoms with Gasteiger partial charge in [-0.1, -0.05) is 48.0 Å². The number of benzene rings is 3. The number of alkyl halides is 2. The van der Waals surface area contributed by atoms with Gasteiger partial charge < -0.3 is 15.8 Å². The molecule has 1 unspecified atom stereocenters. The van der Waals surface area contributed by atoms with Crippen molar-refractivity contribution < 1.29 is 13.5 Å². The number of halogens is 3. The van der Waals surface area contributed by atoms with Gasteiger partial charge in [-0.2, -0.15) is 8.78 Å². The molecule has 30 heavy (non-hydrogen) atoms. The highest BCUT2D eigenvalue weighted by Gasteiger charge is 2.37. The lowest BCUT2D eigenvalue weighted by Crippen LogP contribution is -2.32. The Labute approximate surface area is 179 Å². The van der Waals surface area contributed by atoms with E-state index < -0.39 is 12.0 Å². The number of aryl methyl sites for hydroxylation is 1. The van der Waals surface area contributed by atoms with Gasteiger partial charge in [0.2, 0.25) is 0 Å². The molecule has 1 heterocycles. The molecule has 6 heteroatoms. The summed E-state index contributed by atoms with van der Waals surface area (Å²) in [7, 11) is 0. The number of rotatable bonds is 5. The van der Waals surface area contributed by atoms with Crippen LogP contribution in [0.4, 0.5) is 8.78 Å². The molecule has 0 saturated heterocycles. The highest BCUT2D eigenvalue weighted by atomic mass is 35.5. The predicted molar refractivity (Wildman–Crippen MR) is 116 cm³/mol. The average molecular weight is 427 g/mol. The van der Waals surface area contributed by atoms with Crippen molar-refractivity contribution in [1.29, 1.82) is 0 Å². The lowest BCUT2D eigenvalue weighted by molar-refractivity contribution is -0.0498. The molecule has 154 valence electrons. The first-order valence-electron chi connectivity index (χ1n) is 9.52. The number of ether oxygens (including phenoxy) is 1. The summed E-state index contributed by atoms with van der Waals surface area (Å²) in [5.74, 6) is 0.715. The van der Waals surface area contributed by atoms with Gasteiger partial charge in [0.1, 0.15) is 5.75 Å². The van der Waals surface area contributed by atoms with E-state index in [2.05, 4.69) is 16.1 Å². The van der Waals surface area contributed by atoms with Crippen LogP contribution in [0.5, 0.6) is 5.75 Å². The fourth-order valence-electron chi connectivity index (χ4n) is 4.08. The van der Waals surface area contributed by atoms with Gasteiger partial charge in [0.05, 0.1) is 11.2 Å². The van der Waals surface area contributed by atoms with Crippen molar-refractivity contribution in [2.45, 2.75) is 19.0 Å². The summed E-state index contributed by atoms with van der Waals surface area (Å²) in [5, 5.41) is 3.89. The molecule has 1 aliphatic heterocycles. The molecule has 4 rings (SSSR count). The van der Waals surface area contributed by atoms with Crippen LogP contribution >= 0.6 is 11.6 Å². The Morgan fingerprint density at radius 3 is 2.40 bits per heavy atom.